The van der Waals surface area contributed by atoms with Crippen LogP contribution >= 0.6 is 0 Å². The number of rotatable bonds is 7. The molecule has 104 valence electrons. The van der Waals surface area contributed by atoms with Gasteiger partial charge < -0.3 is 5.32 Å². The van der Waals surface area contributed by atoms with Gasteiger partial charge in [-0.15, -0.1) is 0 Å². The normalized spacial score (nSPS) is 16.3. The van der Waals surface area contributed by atoms with Crippen molar-refractivity contribution in [2.75, 3.05) is 6.54 Å². The quantitative estimate of drug-likeness (QED) is 0.606. The monoisotopic (exact) mass is 262 g/mol. The molecule has 1 saturated carbocycles. The van der Waals surface area contributed by atoms with E-state index < -0.39 is 0 Å². The summed E-state index contributed by atoms with van der Waals surface area (Å²) in [4.78, 5) is 10.4. The number of hydrogen-bond donors (Lipinski definition) is 1. The highest BCUT2D eigenvalue weighted by molar-refractivity contribution is 5.39. The van der Waals surface area contributed by atoms with Crippen LogP contribution in [0.15, 0.2) is 18.2 Å². The summed E-state index contributed by atoms with van der Waals surface area (Å²) in [6, 6.07) is 5.74. The molecule has 2 rings (SSSR count). The van der Waals surface area contributed by atoms with Crippen LogP contribution in [-0.2, 0) is 6.42 Å². The van der Waals surface area contributed by atoms with E-state index in [4.69, 9.17) is 0 Å². The first-order valence-corrected chi connectivity index (χ1v) is 7.09. The van der Waals surface area contributed by atoms with E-state index in [0.29, 0.717) is 6.04 Å². The molecule has 4 heteroatoms. The smallest absolute Gasteiger partial charge is 0.269 e. The topological polar surface area (TPSA) is 55.2 Å². The Bertz CT molecular complexity index is 455. The van der Waals surface area contributed by atoms with Crippen LogP contribution in [0.3, 0.4) is 0 Å². The van der Waals surface area contributed by atoms with Crippen LogP contribution < -0.4 is 5.32 Å². The van der Waals surface area contributed by atoms with Gasteiger partial charge in [0.25, 0.3) is 5.69 Å². The fourth-order valence-corrected chi connectivity index (χ4v) is 2.49. The number of hydrogen-bond acceptors (Lipinski definition) is 3. The maximum Gasteiger partial charge on any atom is 0.269 e. The number of benzene rings is 1. The zero-order valence-electron chi connectivity index (χ0n) is 11.7. The summed E-state index contributed by atoms with van der Waals surface area (Å²) in [5, 5.41) is 14.4. The van der Waals surface area contributed by atoms with Crippen LogP contribution in [0.2, 0.25) is 0 Å². The number of aryl methyl sites for hydroxylation is 1. The van der Waals surface area contributed by atoms with Gasteiger partial charge in [0.05, 0.1) is 4.92 Å². The summed E-state index contributed by atoms with van der Waals surface area (Å²) in [6.07, 6.45) is 4.75. The highest BCUT2D eigenvalue weighted by Crippen LogP contribution is 2.34. The van der Waals surface area contributed by atoms with Crippen LogP contribution in [0.4, 0.5) is 5.69 Å². The number of non-ortho nitro benzene ring substituents is 1. The second kappa shape index (κ2) is 6.15. The van der Waals surface area contributed by atoms with E-state index in [1.54, 1.807) is 12.1 Å². The van der Waals surface area contributed by atoms with Crippen molar-refractivity contribution in [3.8, 4) is 0 Å². The van der Waals surface area contributed by atoms with Gasteiger partial charge in [-0.05, 0) is 56.2 Å². The van der Waals surface area contributed by atoms with Crippen LogP contribution in [0, 0.1) is 23.0 Å². The molecule has 1 atom stereocenters. The third-order valence-electron chi connectivity index (χ3n) is 3.82. The molecule has 1 N–H and O–H groups in total. The van der Waals surface area contributed by atoms with Crippen LogP contribution in [0.5, 0.6) is 0 Å². The fraction of sp³-hybridized carbons (Fsp3) is 0.600. The van der Waals surface area contributed by atoms with Gasteiger partial charge in [0.1, 0.15) is 0 Å². The second-order valence-corrected chi connectivity index (χ2v) is 5.47. The lowest BCUT2D eigenvalue weighted by molar-refractivity contribution is -0.384. The van der Waals surface area contributed by atoms with Crippen molar-refractivity contribution in [1.29, 1.82) is 0 Å². The van der Waals surface area contributed by atoms with E-state index in [-0.39, 0.29) is 10.6 Å². The van der Waals surface area contributed by atoms with Crippen molar-refractivity contribution in [3.63, 3.8) is 0 Å². The molecule has 0 saturated heterocycles. The first-order valence-electron chi connectivity index (χ1n) is 7.09. The summed E-state index contributed by atoms with van der Waals surface area (Å²) in [5.41, 5.74) is 2.44. The van der Waals surface area contributed by atoms with Gasteiger partial charge in [-0.3, -0.25) is 10.1 Å². The molecule has 0 aromatic heterocycles. The van der Waals surface area contributed by atoms with E-state index in [9.17, 15) is 10.1 Å². The molecule has 19 heavy (non-hydrogen) atoms. The van der Waals surface area contributed by atoms with Gasteiger partial charge >= 0.3 is 0 Å². The van der Waals surface area contributed by atoms with Gasteiger partial charge in [-0.1, -0.05) is 13.0 Å². The molecule has 1 aliphatic rings. The molecule has 1 aromatic carbocycles. The molecule has 0 radical (unpaired) electrons. The van der Waals surface area contributed by atoms with Crippen molar-refractivity contribution in [3.05, 3.63) is 39.4 Å². The molecule has 0 aliphatic heterocycles. The van der Waals surface area contributed by atoms with Gasteiger partial charge in [0, 0.05) is 18.2 Å². The minimum atomic E-state index is -0.329. The molecule has 1 fully saturated rings. The Balaban J connectivity index is 2.06. The van der Waals surface area contributed by atoms with E-state index in [2.05, 4.69) is 12.2 Å². The Morgan fingerprint density at radius 1 is 1.47 bits per heavy atom. The Hall–Kier alpha value is -1.42. The third-order valence-corrected chi connectivity index (χ3v) is 3.82. The molecule has 4 nitrogen and oxygen atoms in total. The maximum absolute atomic E-state index is 10.7. The standard InChI is InChI=1S/C15H22N2O2/c1-3-8-16-15(12-4-5-12)10-13-6-7-14(17(18)19)9-11(13)2/h6-7,9,12,15-16H,3-5,8,10H2,1-2H3. The molecule has 0 spiro atoms. The molecule has 1 aromatic rings. The average Bonchev–Trinajstić information content (AvgIpc) is 3.20. The molecular weight excluding hydrogens is 240 g/mol. The van der Waals surface area contributed by atoms with Crippen LogP contribution in [-0.4, -0.2) is 17.5 Å². The van der Waals surface area contributed by atoms with Crippen molar-refractivity contribution < 1.29 is 4.92 Å². The highest BCUT2D eigenvalue weighted by atomic mass is 16.6. The molecule has 0 heterocycles. The predicted molar refractivity (Wildman–Crippen MR) is 76.3 cm³/mol. The zero-order chi connectivity index (χ0) is 13.8. The largest absolute Gasteiger partial charge is 0.313 e. The molecule has 1 unspecified atom stereocenters. The van der Waals surface area contributed by atoms with E-state index in [1.807, 2.05) is 13.0 Å². The predicted octanol–water partition coefficient (Wildman–Crippen LogP) is 3.22. The molecule has 0 bridgehead atoms. The first kappa shape index (κ1) is 14.0. The summed E-state index contributed by atoms with van der Waals surface area (Å²) < 4.78 is 0. The lowest BCUT2D eigenvalue weighted by atomic mass is 9.98. The van der Waals surface area contributed by atoms with Crippen molar-refractivity contribution in [2.24, 2.45) is 5.92 Å². The second-order valence-electron chi connectivity index (χ2n) is 5.47. The molecule has 0 amide bonds. The van der Waals surface area contributed by atoms with Gasteiger partial charge in [-0.2, -0.15) is 0 Å². The first-order chi connectivity index (χ1) is 9.11. The minimum Gasteiger partial charge on any atom is -0.313 e. The average molecular weight is 262 g/mol. The SMILES string of the molecule is CCCNC(Cc1ccc([N+](=O)[O-])cc1C)C1CC1. The summed E-state index contributed by atoms with van der Waals surface area (Å²) in [5.74, 6) is 0.793. The van der Waals surface area contributed by atoms with Crippen LogP contribution in [0.1, 0.15) is 37.3 Å². The van der Waals surface area contributed by atoms with Crippen molar-refractivity contribution in [2.45, 2.75) is 45.6 Å². The summed E-state index contributed by atoms with van der Waals surface area (Å²) >= 11 is 0. The minimum absolute atomic E-state index is 0.186. The van der Waals surface area contributed by atoms with Gasteiger partial charge in [0.2, 0.25) is 0 Å². The van der Waals surface area contributed by atoms with Crippen molar-refractivity contribution >= 4 is 5.69 Å². The third kappa shape index (κ3) is 3.77. The van der Waals surface area contributed by atoms with E-state index >= 15 is 0 Å². The number of nitro benzene ring substituents is 1. The summed E-state index contributed by atoms with van der Waals surface area (Å²) in [7, 11) is 0. The lowest BCUT2D eigenvalue weighted by Gasteiger charge is -2.19. The summed E-state index contributed by atoms with van der Waals surface area (Å²) in [6.45, 7) is 5.19. The van der Waals surface area contributed by atoms with Gasteiger partial charge in [-0.25, -0.2) is 0 Å². The van der Waals surface area contributed by atoms with Crippen LogP contribution in [0.25, 0.3) is 0 Å². The number of nitrogens with one attached hydrogen (secondary N) is 1. The number of nitro groups is 1. The Kier molecular flexibility index (Phi) is 4.53. The molecular formula is C15H22N2O2. The Morgan fingerprint density at radius 3 is 2.74 bits per heavy atom. The highest BCUT2D eigenvalue weighted by Gasteiger charge is 2.31. The number of nitrogens with zero attached hydrogens (tertiary/aromatic N) is 1. The maximum atomic E-state index is 10.7. The zero-order valence-corrected chi connectivity index (χ0v) is 11.7. The lowest BCUT2D eigenvalue weighted by Crippen LogP contribution is -2.33. The van der Waals surface area contributed by atoms with Gasteiger partial charge in [0.15, 0.2) is 0 Å². The van der Waals surface area contributed by atoms with E-state index in [1.165, 1.54) is 18.4 Å². The fourth-order valence-electron chi connectivity index (χ4n) is 2.49. The molecule has 1 aliphatic carbocycles. The Labute approximate surface area is 114 Å². The Morgan fingerprint density at radius 2 is 2.21 bits per heavy atom. The van der Waals surface area contributed by atoms with Crippen molar-refractivity contribution in [1.82, 2.24) is 5.32 Å². The van der Waals surface area contributed by atoms with E-state index in [0.717, 1.165) is 30.9 Å².